The van der Waals surface area contributed by atoms with Crippen LogP contribution in [-0.4, -0.2) is 4.57 Å². The van der Waals surface area contributed by atoms with Crippen LogP contribution < -0.4 is 4.57 Å². The Morgan fingerprint density at radius 1 is 0.870 bits per heavy atom. The molecule has 2 heteroatoms. The molecule has 4 aromatic rings. The first-order chi connectivity index (χ1) is 11.1. The lowest BCUT2D eigenvalue weighted by Gasteiger charge is -2.08. The highest BCUT2D eigenvalue weighted by atomic mass is 15.1. The lowest BCUT2D eigenvalue weighted by molar-refractivity contribution is -0.647. The number of hydrogen-bond donors (Lipinski definition) is 0. The van der Waals surface area contributed by atoms with Gasteiger partial charge in [-0.25, -0.2) is 4.57 Å². The van der Waals surface area contributed by atoms with Crippen LogP contribution in [0.15, 0.2) is 54.7 Å². The van der Waals surface area contributed by atoms with Crippen LogP contribution in [0.4, 0.5) is 0 Å². The van der Waals surface area contributed by atoms with E-state index in [0.717, 1.165) is 0 Å². The predicted octanol–water partition coefficient (Wildman–Crippen LogP) is 4.53. The summed E-state index contributed by atoms with van der Waals surface area (Å²) in [5.74, 6) is 0. The summed E-state index contributed by atoms with van der Waals surface area (Å²) in [6.07, 6.45) is 2.12. The van der Waals surface area contributed by atoms with E-state index in [-0.39, 0.29) is 0 Å². The SMILES string of the molecule is Cc1ccc2c3ccc[n+](C)c3n(-c3cccc(C)c3C)c2c1. The van der Waals surface area contributed by atoms with Crippen molar-refractivity contribution in [3.63, 3.8) is 0 Å². The van der Waals surface area contributed by atoms with Gasteiger partial charge in [0.2, 0.25) is 0 Å². The van der Waals surface area contributed by atoms with Gasteiger partial charge in [-0.15, -0.1) is 0 Å². The summed E-state index contributed by atoms with van der Waals surface area (Å²) in [7, 11) is 2.12. The van der Waals surface area contributed by atoms with Crippen LogP contribution >= 0.6 is 0 Å². The third-order valence-electron chi connectivity index (χ3n) is 4.86. The molecule has 0 amide bonds. The number of hydrogen-bond acceptors (Lipinski definition) is 0. The summed E-state index contributed by atoms with van der Waals surface area (Å²) in [4.78, 5) is 0. The van der Waals surface area contributed by atoms with E-state index >= 15 is 0 Å². The molecule has 23 heavy (non-hydrogen) atoms. The molecule has 0 radical (unpaired) electrons. The molecule has 0 atom stereocenters. The number of fused-ring (bicyclic) bond motifs is 3. The van der Waals surface area contributed by atoms with Crippen molar-refractivity contribution in [2.45, 2.75) is 20.8 Å². The molecule has 0 bridgehead atoms. The monoisotopic (exact) mass is 301 g/mol. The summed E-state index contributed by atoms with van der Waals surface area (Å²) < 4.78 is 4.62. The van der Waals surface area contributed by atoms with E-state index in [1.807, 2.05) is 0 Å². The number of aryl methyl sites for hydroxylation is 3. The van der Waals surface area contributed by atoms with Gasteiger partial charge in [0.1, 0.15) is 11.2 Å². The van der Waals surface area contributed by atoms with E-state index in [9.17, 15) is 0 Å². The number of aromatic nitrogens is 2. The third-order valence-corrected chi connectivity index (χ3v) is 4.86. The van der Waals surface area contributed by atoms with Crippen molar-refractivity contribution >= 4 is 21.9 Å². The van der Waals surface area contributed by atoms with Gasteiger partial charge in [-0.2, -0.15) is 4.57 Å². The van der Waals surface area contributed by atoms with Crippen molar-refractivity contribution in [1.29, 1.82) is 0 Å². The van der Waals surface area contributed by atoms with E-state index in [0.29, 0.717) is 0 Å². The second-order valence-corrected chi connectivity index (χ2v) is 6.43. The number of pyridine rings is 1. The van der Waals surface area contributed by atoms with E-state index in [4.69, 9.17) is 0 Å². The zero-order valence-corrected chi connectivity index (χ0v) is 14.1. The van der Waals surface area contributed by atoms with Gasteiger partial charge in [-0.3, -0.25) is 0 Å². The minimum absolute atomic E-state index is 1.24. The predicted molar refractivity (Wildman–Crippen MR) is 96.2 cm³/mol. The Labute approximate surface area is 136 Å². The smallest absolute Gasteiger partial charge is 0.236 e. The average Bonchev–Trinajstić information content (AvgIpc) is 2.85. The maximum atomic E-state index is 2.40. The van der Waals surface area contributed by atoms with Crippen LogP contribution in [0.2, 0.25) is 0 Å². The van der Waals surface area contributed by atoms with Gasteiger partial charge in [0.05, 0.1) is 18.6 Å². The van der Waals surface area contributed by atoms with Crippen molar-refractivity contribution in [3.05, 3.63) is 71.4 Å². The minimum atomic E-state index is 1.24. The van der Waals surface area contributed by atoms with Crippen LogP contribution in [0.1, 0.15) is 16.7 Å². The molecule has 0 unspecified atom stereocenters. The van der Waals surface area contributed by atoms with Crippen molar-refractivity contribution < 1.29 is 4.57 Å². The van der Waals surface area contributed by atoms with Gasteiger partial charge < -0.3 is 0 Å². The van der Waals surface area contributed by atoms with Gasteiger partial charge >= 0.3 is 0 Å². The Morgan fingerprint density at radius 3 is 2.52 bits per heavy atom. The first-order valence-corrected chi connectivity index (χ1v) is 8.04. The lowest BCUT2D eigenvalue weighted by Crippen LogP contribution is -2.30. The summed E-state index contributed by atoms with van der Waals surface area (Å²) >= 11 is 0. The molecule has 2 aromatic carbocycles. The Bertz CT molecular complexity index is 1050. The molecule has 0 fully saturated rings. The lowest BCUT2D eigenvalue weighted by atomic mass is 10.1. The molecule has 2 aromatic heterocycles. The fourth-order valence-electron chi connectivity index (χ4n) is 3.48. The third kappa shape index (κ3) is 1.98. The largest absolute Gasteiger partial charge is 0.294 e. The van der Waals surface area contributed by atoms with E-state index in [1.165, 1.54) is 44.3 Å². The van der Waals surface area contributed by atoms with E-state index in [2.05, 4.69) is 91.7 Å². The molecule has 0 saturated heterocycles. The van der Waals surface area contributed by atoms with Crippen LogP contribution in [0, 0.1) is 20.8 Å². The van der Waals surface area contributed by atoms with Crippen LogP contribution in [0.25, 0.3) is 27.6 Å². The molecule has 4 rings (SSSR count). The van der Waals surface area contributed by atoms with E-state index in [1.54, 1.807) is 0 Å². The molecule has 2 heterocycles. The second kappa shape index (κ2) is 4.95. The van der Waals surface area contributed by atoms with Gasteiger partial charge in [-0.05, 0) is 67.8 Å². The molecule has 0 aliphatic heterocycles. The van der Waals surface area contributed by atoms with Crippen LogP contribution in [-0.2, 0) is 7.05 Å². The molecule has 0 spiro atoms. The average molecular weight is 301 g/mol. The highest BCUT2D eigenvalue weighted by molar-refractivity contribution is 6.07. The molecule has 0 N–H and O–H groups in total. The Balaban J connectivity index is 2.27. The van der Waals surface area contributed by atoms with Crippen molar-refractivity contribution in [1.82, 2.24) is 4.57 Å². The standard InChI is InChI=1S/C21H21N2/c1-14-10-11-17-18-8-6-12-22(4)21(18)23(20(17)13-14)19-9-5-7-15(2)16(19)3/h5-13H,1-4H3/q+1. The van der Waals surface area contributed by atoms with Crippen molar-refractivity contribution in [2.75, 3.05) is 0 Å². The number of nitrogens with zero attached hydrogens (tertiary/aromatic N) is 2. The van der Waals surface area contributed by atoms with Gasteiger partial charge in [-0.1, -0.05) is 18.2 Å². The number of rotatable bonds is 1. The maximum Gasteiger partial charge on any atom is 0.294 e. The summed E-state index contributed by atoms with van der Waals surface area (Å²) in [6, 6.07) is 17.6. The fourth-order valence-corrected chi connectivity index (χ4v) is 3.48. The van der Waals surface area contributed by atoms with Gasteiger partial charge in [0.25, 0.3) is 5.65 Å². The van der Waals surface area contributed by atoms with Crippen LogP contribution in [0.3, 0.4) is 0 Å². The normalized spacial score (nSPS) is 11.5. The molecule has 0 saturated carbocycles. The summed E-state index contributed by atoms with van der Waals surface area (Å²) in [5.41, 5.74) is 7.71. The van der Waals surface area contributed by atoms with Gasteiger partial charge in [0, 0.05) is 5.39 Å². The fraction of sp³-hybridized carbons (Fsp3) is 0.190. The summed E-state index contributed by atoms with van der Waals surface area (Å²) in [6.45, 7) is 6.55. The zero-order chi connectivity index (χ0) is 16.1. The van der Waals surface area contributed by atoms with Crippen molar-refractivity contribution in [3.8, 4) is 5.69 Å². The topological polar surface area (TPSA) is 8.81 Å². The molecule has 0 aliphatic carbocycles. The van der Waals surface area contributed by atoms with Gasteiger partial charge in [0.15, 0.2) is 0 Å². The molecular weight excluding hydrogens is 280 g/mol. The minimum Gasteiger partial charge on any atom is -0.236 e. The Morgan fingerprint density at radius 2 is 1.70 bits per heavy atom. The maximum absolute atomic E-state index is 2.40. The Hall–Kier alpha value is -2.61. The second-order valence-electron chi connectivity index (χ2n) is 6.43. The number of benzene rings is 2. The van der Waals surface area contributed by atoms with Crippen molar-refractivity contribution in [2.24, 2.45) is 7.05 Å². The summed E-state index contributed by atoms with van der Waals surface area (Å²) in [5, 5.41) is 2.61. The molecule has 114 valence electrons. The Kier molecular flexibility index (Phi) is 3.02. The quantitative estimate of drug-likeness (QED) is 0.457. The highest BCUT2D eigenvalue weighted by Crippen LogP contribution is 2.32. The molecule has 0 aliphatic rings. The first kappa shape index (κ1) is 14.0. The van der Waals surface area contributed by atoms with Crippen LogP contribution in [0.5, 0.6) is 0 Å². The molecular formula is C21H21N2+. The highest BCUT2D eigenvalue weighted by Gasteiger charge is 2.22. The van der Waals surface area contributed by atoms with E-state index < -0.39 is 0 Å². The first-order valence-electron chi connectivity index (χ1n) is 8.04. The molecule has 2 nitrogen and oxygen atoms in total. The zero-order valence-electron chi connectivity index (χ0n) is 14.1.